The summed E-state index contributed by atoms with van der Waals surface area (Å²) in [5.74, 6) is -0.135. The van der Waals surface area contributed by atoms with Gasteiger partial charge in [0.05, 0.1) is 7.11 Å². The van der Waals surface area contributed by atoms with Crippen molar-refractivity contribution in [1.29, 1.82) is 0 Å². The minimum Gasteiger partial charge on any atom is -0.497 e. The van der Waals surface area contributed by atoms with Gasteiger partial charge in [0.2, 0.25) is 0 Å². The molecule has 0 saturated carbocycles. The summed E-state index contributed by atoms with van der Waals surface area (Å²) in [4.78, 5) is 10.5. The molecule has 0 bridgehead atoms. The normalized spacial score (nSPS) is 12.1. The van der Waals surface area contributed by atoms with Gasteiger partial charge in [0.15, 0.2) is 0 Å². The van der Waals surface area contributed by atoms with Gasteiger partial charge in [-0.15, -0.1) is 0 Å². The number of thiol groups is 1. The Bertz CT molecular complexity index is 308. The number of hydrogen-bond donors (Lipinski definition) is 2. The van der Waals surface area contributed by atoms with Gasteiger partial charge < -0.3 is 9.84 Å². The van der Waals surface area contributed by atoms with Gasteiger partial charge in [-0.25, -0.2) is 0 Å². The van der Waals surface area contributed by atoms with Gasteiger partial charge in [0.1, 0.15) is 11.0 Å². The fraction of sp³-hybridized carbons (Fsp3) is 0.300. The first-order chi connectivity index (χ1) is 6.63. The monoisotopic (exact) mass is 212 g/mol. The van der Waals surface area contributed by atoms with Crippen LogP contribution in [0, 0.1) is 0 Å². The summed E-state index contributed by atoms with van der Waals surface area (Å²) < 4.78 is 4.99. The molecule has 76 valence electrons. The Kier molecular flexibility index (Phi) is 3.83. The summed E-state index contributed by atoms with van der Waals surface area (Å²) in [6.07, 6.45) is 0.419. The molecule has 0 aliphatic heterocycles. The molecule has 0 aromatic heterocycles. The van der Waals surface area contributed by atoms with Crippen LogP contribution in [0.4, 0.5) is 0 Å². The summed E-state index contributed by atoms with van der Waals surface area (Å²) in [6.45, 7) is 0. The Morgan fingerprint density at radius 1 is 1.50 bits per heavy atom. The van der Waals surface area contributed by atoms with E-state index >= 15 is 0 Å². The predicted octanol–water partition coefficient (Wildman–Crippen LogP) is 1.62. The van der Waals surface area contributed by atoms with Crippen LogP contribution in [0.3, 0.4) is 0 Å². The van der Waals surface area contributed by atoms with Gasteiger partial charge >= 0.3 is 5.97 Å². The van der Waals surface area contributed by atoms with Crippen LogP contribution in [0.15, 0.2) is 24.3 Å². The lowest BCUT2D eigenvalue weighted by atomic mass is 10.1. The quantitative estimate of drug-likeness (QED) is 0.745. The van der Waals surface area contributed by atoms with E-state index in [0.717, 1.165) is 11.3 Å². The third-order valence-electron chi connectivity index (χ3n) is 1.87. The predicted molar refractivity (Wildman–Crippen MR) is 57.1 cm³/mol. The van der Waals surface area contributed by atoms with Crippen molar-refractivity contribution in [2.75, 3.05) is 7.11 Å². The first-order valence-electron chi connectivity index (χ1n) is 4.17. The van der Waals surface area contributed by atoms with Crippen LogP contribution in [0.1, 0.15) is 5.56 Å². The summed E-state index contributed by atoms with van der Waals surface area (Å²) in [5.41, 5.74) is 0.938. The second-order valence-corrected chi connectivity index (χ2v) is 3.53. The molecule has 0 aliphatic carbocycles. The van der Waals surface area contributed by atoms with Crippen LogP contribution in [-0.4, -0.2) is 23.4 Å². The fourth-order valence-electron chi connectivity index (χ4n) is 1.07. The molecule has 1 aromatic carbocycles. The molecule has 1 aromatic rings. The van der Waals surface area contributed by atoms with E-state index in [1.54, 1.807) is 19.2 Å². The molecule has 0 fully saturated rings. The van der Waals surface area contributed by atoms with E-state index < -0.39 is 11.2 Å². The van der Waals surface area contributed by atoms with E-state index in [4.69, 9.17) is 9.84 Å². The third kappa shape index (κ3) is 2.96. The Labute approximate surface area is 88.1 Å². The second kappa shape index (κ2) is 4.91. The number of aliphatic carboxylic acids is 1. The molecule has 1 N–H and O–H groups in total. The lowest BCUT2D eigenvalue weighted by Crippen LogP contribution is -2.15. The first kappa shape index (κ1) is 10.9. The summed E-state index contributed by atoms with van der Waals surface area (Å²) in [6, 6.07) is 7.28. The van der Waals surface area contributed by atoms with Crippen molar-refractivity contribution in [3.63, 3.8) is 0 Å². The van der Waals surface area contributed by atoms with E-state index in [9.17, 15) is 4.79 Å². The van der Waals surface area contributed by atoms with Crippen molar-refractivity contribution >= 4 is 18.6 Å². The summed E-state index contributed by atoms with van der Waals surface area (Å²) in [7, 11) is 1.59. The molecule has 0 heterocycles. The molecule has 0 saturated heterocycles. The van der Waals surface area contributed by atoms with E-state index in [1.807, 2.05) is 12.1 Å². The molecule has 1 atom stereocenters. The maximum atomic E-state index is 10.5. The van der Waals surface area contributed by atoms with Crippen LogP contribution in [0.5, 0.6) is 5.75 Å². The number of rotatable bonds is 4. The highest BCUT2D eigenvalue weighted by atomic mass is 32.1. The number of methoxy groups -OCH3 is 1. The highest BCUT2D eigenvalue weighted by Gasteiger charge is 2.12. The zero-order valence-electron chi connectivity index (χ0n) is 7.80. The molecule has 0 radical (unpaired) electrons. The molecular formula is C10H12O3S. The van der Waals surface area contributed by atoms with Gasteiger partial charge in [0, 0.05) is 0 Å². The molecule has 0 aliphatic rings. The van der Waals surface area contributed by atoms with Crippen LogP contribution < -0.4 is 4.74 Å². The summed E-state index contributed by atoms with van der Waals surface area (Å²) >= 11 is 3.95. The average Bonchev–Trinajstić information content (AvgIpc) is 2.19. The minimum absolute atomic E-state index is 0.419. The first-order valence-corrected chi connectivity index (χ1v) is 4.69. The van der Waals surface area contributed by atoms with Gasteiger partial charge in [-0.05, 0) is 24.1 Å². The molecule has 4 heteroatoms. The van der Waals surface area contributed by atoms with Gasteiger partial charge in [-0.3, -0.25) is 4.79 Å². The highest BCUT2D eigenvalue weighted by molar-refractivity contribution is 7.81. The van der Waals surface area contributed by atoms with E-state index in [1.165, 1.54) is 0 Å². The smallest absolute Gasteiger partial charge is 0.316 e. The van der Waals surface area contributed by atoms with Crippen molar-refractivity contribution < 1.29 is 14.6 Å². The Morgan fingerprint density at radius 2 is 2.07 bits per heavy atom. The second-order valence-electron chi connectivity index (χ2n) is 2.91. The zero-order valence-corrected chi connectivity index (χ0v) is 8.70. The molecule has 14 heavy (non-hydrogen) atoms. The van der Waals surface area contributed by atoms with Crippen molar-refractivity contribution in [2.24, 2.45) is 0 Å². The Hall–Kier alpha value is -1.16. The summed E-state index contributed by atoms with van der Waals surface area (Å²) in [5, 5.41) is 7.99. The highest BCUT2D eigenvalue weighted by Crippen LogP contribution is 2.14. The lowest BCUT2D eigenvalue weighted by molar-refractivity contribution is -0.136. The number of hydrogen-bond acceptors (Lipinski definition) is 3. The van der Waals surface area contributed by atoms with Crippen molar-refractivity contribution in [3.05, 3.63) is 29.8 Å². The maximum absolute atomic E-state index is 10.5. The topological polar surface area (TPSA) is 46.5 Å². The number of benzene rings is 1. The largest absolute Gasteiger partial charge is 0.497 e. The molecule has 1 rings (SSSR count). The number of carboxylic acids is 1. The molecular weight excluding hydrogens is 200 g/mol. The van der Waals surface area contributed by atoms with Crippen LogP contribution in [-0.2, 0) is 11.2 Å². The Balaban J connectivity index is 2.64. The minimum atomic E-state index is -0.899. The lowest BCUT2D eigenvalue weighted by Gasteiger charge is -2.06. The van der Waals surface area contributed by atoms with Gasteiger partial charge in [0.25, 0.3) is 0 Å². The van der Waals surface area contributed by atoms with E-state index in [-0.39, 0.29) is 0 Å². The average molecular weight is 212 g/mol. The Morgan fingerprint density at radius 3 is 2.50 bits per heavy atom. The molecule has 0 unspecified atom stereocenters. The third-order valence-corrected chi connectivity index (χ3v) is 2.28. The molecule has 0 amide bonds. The van der Waals surface area contributed by atoms with E-state index in [2.05, 4.69) is 12.6 Å². The fourth-order valence-corrected chi connectivity index (χ4v) is 1.28. The number of ether oxygens (including phenoxy) is 1. The van der Waals surface area contributed by atoms with Crippen LogP contribution in [0.2, 0.25) is 0 Å². The van der Waals surface area contributed by atoms with Crippen molar-refractivity contribution in [1.82, 2.24) is 0 Å². The maximum Gasteiger partial charge on any atom is 0.316 e. The van der Waals surface area contributed by atoms with Crippen LogP contribution in [0.25, 0.3) is 0 Å². The zero-order chi connectivity index (χ0) is 10.6. The standard InChI is InChI=1S/C10H12O3S/c1-13-8-4-2-7(3-5-8)6-9(14)10(11)12/h2-5,9,14H,6H2,1H3,(H,11,12)/t9-/m0/s1. The number of carbonyl (C=O) groups is 1. The van der Waals surface area contributed by atoms with Crippen LogP contribution >= 0.6 is 12.6 Å². The van der Waals surface area contributed by atoms with E-state index in [0.29, 0.717) is 6.42 Å². The molecule has 3 nitrogen and oxygen atoms in total. The van der Waals surface area contributed by atoms with Gasteiger partial charge in [-0.2, -0.15) is 12.6 Å². The number of carboxylic acid groups (broad SMARTS) is 1. The van der Waals surface area contributed by atoms with Crippen molar-refractivity contribution in [2.45, 2.75) is 11.7 Å². The van der Waals surface area contributed by atoms with Crippen molar-refractivity contribution in [3.8, 4) is 5.75 Å². The SMILES string of the molecule is COc1ccc(C[C@H](S)C(=O)O)cc1. The van der Waals surface area contributed by atoms with Gasteiger partial charge in [-0.1, -0.05) is 12.1 Å². The molecule has 0 spiro atoms.